The van der Waals surface area contributed by atoms with Gasteiger partial charge in [0.1, 0.15) is 18.0 Å². The number of hydrogen-bond acceptors (Lipinski definition) is 9. The fourth-order valence-electron chi connectivity index (χ4n) is 4.38. The largest absolute Gasteiger partial charge is 0.492 e. The van der Waals surface area contributed by atoms with E-state index in [4.69, 9.17) is 19.4 Å². The second-order valence-electron chi connectivity index (χ2n) is 8.84. The molecule has 0 aliphatic carbocycles. The van der Waals surface area contributed by atoms with E-state index < -0.39 is 18.4 Å². The van der Waals surface area contributed by atoms with Gasteiger partial charge in [0.2, 0.25) is 5.91 Å². The molecule has 3 N–H and O–H groups in total. The van der Waals surface area contributed by atoms with Gasteiger partial charge in [-0.15, -0.1) is 0 Å². The van der Waals surface area contributed by atoms with Crippen molar-refractivity contribution in [3.63, 3.8) is 0 Å². The van der Waals surface area contributed by atoms with Gasteiger partial charge in [-0.3, -0.25) is 14.3 Å². The number of aromatic nitrogens is 5. The van der Waals surface area contributed by atoms with Crippen molar-refractivity contribution in [2.45, 2.75) is 45.2 Å². The molecule has 0 unspecified atom stereocenters. The van der Waals surface area contributed by atoms with Crippen LogP contribution in [-0.2, 0) is 16.1 Å². The Bertz CT molecular complexity index is 1420. The van der Waals surface area contributed by atoms with Gasteiger partial charge in [0, 0.05) is 31.8 Å². The summed E-state index contributed by atoms with van der Waals surface area (Å²) in [6.45, 7) is 4.98. The number of ether oxygens (including phenoxy) is 2. The molecule has 192 valence electrons. The second-order valence-corrected chi connectivity index (χ2v) is 8.84. The number of aryl methyl sites for hydroxylation is 1. The van der Waals surface area contributed by atoms with E-state index in [2.05, 4.69) is 26.7 Å². The van der Waals surface area contributed by atoms with Crippen molar-refractivity contribution in [2.24, 2.45) is 0 Å². The number of fused-ring (bicyclic) bond motifs is 1. The first-order valence-corrected chi connectivity index (χ1v) is 12.1. The number of hydrogen-bond donors (Lipinski definition) is 3. The Balaban J connectivity index is 1.57. The van der Waals surface area contributed by atoms with Crippen molar-refractivity contribution in [3.8, 4) is 17.1 Å². The number of pyridine rings is 1. The Morgan fingerprint density at radius 1 is 1.27 bits per heavy atom. The van der Waals surface area contributed by atoms with Crippen LogP contribution in [0.15, 0.2) is 49.1 Å². The van der Waals surface area contributed by atoms with Gasteiger partial charge in [-0.2, -0.15) is 0 Å². The Labute approximate surface area is 213 Å². The van der Waals surface area contributed by atoms with Crippen LogP contribution in [0.1, 0.15) is 30.7 Å². The molecule has 1 fully saturated rings. The number of nitrogens with one attached hydrogen (secondary N) is 2. The average Bonchev–Trinajstić information content (AvgIpc) is 3.50. The maximum absolute atomic E-state index is 12.1. The normalized spacial score (nSPS) is 19.2. The summed E-state index contributed by atoms with van der Waals surface area (Å²) in [5.74, 6) is 1.25. The standard InChI is InChI=1S/C26H29N7O4/c1-4-36-18-9-17(12-28-13-18)22-31-23(29-11-16-7-5-6-15(2)8-16)21-24(32-22)33(14-30-21)26-19(34)10-20(37-26)25(35)27-3/h5-9,12-14,19-20,26,34H,4,10-11H2,1-3H3,(H,27,35)(H,29,31,32)/t19-,20+,26-/m1/s1. The van der Waals surface area contributed by atoms with Crippen LogP contribution >= 0.6 is 0 Å². The molecule has 1 aromatic carbocycles. The lowest BCUT2D eigenvalue weighted by Gasteiger charge is -2.17. The SMILES string of the molecule is CCOc1cncc(-c2nc(NCc3cccc(C)c3)c3ncn([C@@H]4O[C@H](C(=O)NC)C[C@H]4O)c3n2)c1. The molecule has 1 aliphatic rings. The highest BCUT2D eigenvalue weighted by Gasteiger charge is 2.39. The first-order chi connectivity index (χ1) is 18.0. The van der Waals surface area contributed by atoms with E-state index in [1.807, 2.05) is 38.1 Å². The van der Waals surface area contributed by atoms with Gasteiger partial charge in [0.15, 0.2) is 29.0 Å². The third-order valence-electron chi connectivity index (χ3n) is 6.15. The van der Waals surface area contributed by atoms with Gasteiger partial charge in [0.25, 0.3) is 0 Å². The summed E-state index contributed by atoms with van der Waals surface area (Å²) in [5, 5.41) is 16.7. The average molecular weight is 504 g/mol. The Morgan fingerprint density at radius 3 is 2.92 bits per heavy atom. The van der Waals surface area contributed by atoms with Crippen molar-refractivity contribution in [1.82, 2.24) is 29.8 Å². The third kappa shape index (κ3) is 5.09. The number of anilines is 1. The number of rotatable bonds is 8. The Morgan fingerprint density at radius 2 is 2.14 bits per heavy atom. The molecule has 3 aromatic heterocycles. The van der Waals surface area contributed by atoms with Crippen molar-refractivity contribution >= 4 is 22.9 Å². The molecule has 0 spiro atoms. The minimum Gasteiger partial charge on any atom is -0.492 e. The quantitative estimate of drug-likeness (QED) is 0.331. The summed E-state index contributed by atoms with van der Waals surface area (Å²) >= 11 is 0. The maximum Gasteiger partial charge on any atom is 0.249 e. The molecule has 0 radical (unpaired) electrons. The van der Waals surface area contributed by atoms with Crippen LogP contribution < -0.4 is 15.4 Å². The van der Waals surface area contributed by atoms with Gasteiger partial charge < -0.3 is 25.2 Å². The van der Waals surface area contributed by atoms with Crippen LogP contribution in [-0.4, -0.2) is 61.4 Å². The van der Waals surface area contributed by atoms with Crippen molar-refractivity contribution < 1.29 is 19.4 Å². The molecule has 0 bridgehead atoms. The van der Waals surface area contributed by atoms with Crippen LogP contribution in [0.4, 0.5) is 5.82 Å². The predicted molar refractivity (Wildman–Crippen MR) is 137 cm³/mol. The molecule has 4 heterocycles. The summed E-state index contributed by atoms with van der Waals surface area (Å²) in [6.07, 6.45) is 2.51. The molecular weight excluding hydrogens is 474 g/mol. The fourth-order valence-corrected chi connectivity index (χ4v) is 4.38. The van der Waals surface area contributed by atoms with Crippen molar-refractivity contribution in [2.75, 3.05) is 19.0 Å². The number of carbonyl (C=O) groups is 1. The number of imidazole rings is 1. The highest BCUT2D eigenvalue weighted by atomic mass is 16.5. The summed E-state index contributed by atoms with van der Waals surface area (Å²) in [4.78, 5) is 30.5. The van der Waals surface area contributed by atoms with E-state index in [1.54, 1.807) is 23.3 Å². The van der Waals surface area contributed by atoms with E-state index in [1.165, 1.54) is 7.05 Å². The summed E-state index contributed by atoms with van der Waals surface area (Å²) in [7, 11) is 1.54. The van der Waals surface area contributed by atoms with Crippen LogP contribution in [0, 0.1) is 6.92 Å². The van der Waals surface area contributed by atoms with E-state index in [9.17, 15) is 9.90 Å². The predicted octanol–water partition coefficient (Wildman–Crippen LogP) is 2.60. The number of carbonyl (C=O) groups excluding carboxylic acids is 1. The zero-order valence-corrected chi connectivity index (χ0v) is 20.9. The van der Waals surface area contributed by atoms with Gasteiger partial charge in [-0.1, -0.05) is 29.8 Å². The highest BCUT2D eigenvalue weighted by Crippen LogP contribution is 2.33. The smallest absolute Gasteiger partial charge is 0.249 e. The number of benzene rings is 1. The van der Waals surface area contributed by atoms with E-state index in [-0.39, 0.29) is 12.3 Å². The Kier molecular flexibility index (Phi) is 6.97. The van der Waals surface area contributed by atoms with Crippen LogP contribution in [0.5, 0.6) is 5.75 Å². The zero-order valence-electron chi connectivity index (χ0n) is 20.9. The second kappa shape index (κ2) is 10.5. The van der Waals surface area contributed by atoms with Crippen molar-refractivity contribution in [3.05, 3.63) is 60.2 Å². The fraction of sp³-hybridized carbons (Fsp3) is 0.346. The van der Waals surface area contributed by atoms with E-state index in [0.717, 1.165) is 11.1 Å². The monoisotopic (exact) mass is 503 g/mol. The van der Waals surface area contributed by atoms with Crippen LogP contribution in [0.2, 0.25) is 0 Å². The molecule has 1 saturated heterocycles. The minimum atomic E-state index is -0.912. The molecule has 5 rings (SSSR count). The van der Waals surface area contributed by atoms with Crippen LogP contribution in [0.3, 0.4) is 0 Å². The highest BCUT2D eigenvalue weighted by molar-refractivity contribution is 5.85. The molecule has 11 nitrogen and oxygen atoms in total. The maximum atomic E-state index is 12.1. The molecule has 37 heavy (non-hydrogen) atoms. The van der Waals surface area contributed by atoms with Gasteiger partial charge >= 0.3 is 0 Å². The number of amides is 1. The molecule has 1 amide bonds. The van der Waals surface area contributed by atoms with Crippen LogP contribution in [0.25, 0.3) is 22.6 Å². The zero-order chi connectivity index (χ0) is 25.9. The molecular formula is C26H29N7O4. The first-order valence-electron chi connectivity index (χ1n) is 12.1. The van der Waals surface area contributed by atoms with Gasteiger partial charge in [-0.05, 0) is 25.5 Å². The molecule has 0 saturated carbocycles. The lowest BCUT2D eigenvalue weighted by atomic mass is 10.1. The lowest BCUT2D eigenvalue weighted by molar-refractivity contribution is -0.134. The molecule has 3 atom stereocenters. The van der Waals surface area contributed by atoms with Gasteiger partial charge in [0.05, 0.1) is 19.1 Å². The van der Waals surface area contributed by atoms with E-state index in [0.29, 0.717) is 47.3 Å². The summed E-state index contributed by atoms with van der Waals surface area (Å²) < 4.78 is 13.2. The first kappa shape index (κ1) is 24.6. The molecule has 11 heteroatoms. The number of aliphatic hydroxyl groups excluding tert-OH is 1. The number of likely N-dealkylation sites (N-methyl/N-ethyl adjacent to an activating group) is 1. The lowest BCUT2D eigenvalue weighted by Crippen LogP contribution is -2.31. The van der Waals surface area contributed by atoms with E-state index >= 15 is 0 Å². The minimum absolute atomic E-state index is 0.167. The summed E-state index contributed by atoms with van der Waals surface area (Å²) in [6, 6.07) is 10.0. The topological polar surface area (TPSA) is 136 Å². The number of nitrogens with zero attached hydrogens (tertiary/aromatic N) is 5. The third-order valence-corrected chi connectivity index (χ3v) is 6.15. The Hall–Kier alpha value is -4.09. The van der Waals surface area contributed by atoms with Crippen molar-refractivity contribution in [1.29, 1.82) is 0 Å². The summed E-state index contributed by atoms with van der Waals surface area (Å²) in [5.41, 5.74) is 3.89. The molecule has 1 aliphatic heterocycles. The molecule has 4 aromatic rings. The van der Waals surface area contributed by atoms with Gasteiger partial charge in [-0.25, -0.2) is 15.0 Å². The number of aliphatic hydroxyl groups is 1.